The number of ether oxygens (including phenoxy) is 1. The SMILES string of the molecule is CCn1nc(C)c(Br)c1CC(O)c1cccnc1OC. The van der Waals surface area contributed by atoms with Crippen LogP contribution in [0.2, 0.25) is 0 Å². The van der Waals surface area contributed by atoms with Crippen molar-refractivity contribution in [1.82, 2.24) is 14.8 Å². The first-order valence-electron chi connectivity index (χ1n) is 6.47. The Balaban J connectivity index is 2.30. The van der Waals surface area contributed by atoms with Crippen LogP contribution in [0.25, 0.3) is 0 Å². The van der Waals surface area contributed by atoms with Gasteiger partial charge in [-0.25, -0.2) is 4.98 Å². The van der Waals surface area contributed by atoms with Gasteiger partial charge in [0.25, 0.3) is 0 Å². The molecule has 5 nitrogen and oxygen atoms in total. The number of aliphatic hydroxyl groups is 1. The van der Waals surface area contributed by atoms with Crippen molar-refractivity contribution in [3.05, 3.63) is 39.8 Å². The first-order chi connectivity index (χ1) is 9.58. The normalized spacial score (nSPS) is 12.4. The van der Waals surface area contributed by atoms with E-state index < -0.39 is 6.10 Å². The number of hydrogen-bond acceptors (Lipinski definition) is 4. The largest absolute Gasteiger partial charge is 0.481 e. The monoisotopic (exact) mass is 339 g/mol. The molecule has 2 aromatic heterocycles. The van der Waals surface area contributed by atoms with E-state index in [-0.39, 0.29) is 0 Å². The van der Waals surface area contributed by atoms with Gasteiger partial charge >= 0.3 is 0 Å². The Morgan fingerprint density at radius 2 is 2.25 bits per heavy atom. The highest BCUT2D eigenvalue weighted by atomic mass is 79.9. The Morgan fingerprint density at radius 3 is 2.90 bits per heavy atom. The molecule has 0 aromatic carbocycles. The van der Waals surface area contributed by atoms with E-state index in [1.54, 1.807) is 19.4 Å². The van der Waals surface area contributed by atoms with Crippen LogP contribution < -0.4 is 4.74 Å². The Bertz CT molecular complexity index is 598. The molecule has 0 aliphatic heterocycles. The van der Waals surface area contributed by atoms with E-state index in [2.05, 4.69) is 26.0 Å². The van der Waals surface area contributed by atoms with Crippen molar-refractivity contribution in [3.63, 3.8) is 0 Å². The maximum atomic E-state index is 10.5. The molecule has 2 heterocycles. The van der Waals surface area contributed by atoms with Crippen molar-refractivity contribution in [3.8, 4) is 5.88 Å². The van der Waals surface area contributed by atoms with Crippen molar-refractivity contribution < 1.29 is 9.84 Å². The summed E-state index contributed by atoms with van der Waals surface area (Å²) in [7, 11) is 1.55. The number of nitrogens with zero attached hydrogens (tertiary/aromatic N) is 3. The van der Waals surface area contributed by atoms with Crippen molar-refractivity contribution >= 4 is 15.9 Å². The average Bonchev–Trinajstić information content (AvgIpc) is 2.74. The van der Waals surface area contributed by atoms with E-state index in [1.807, 2.05) is 24.6 Å². The third-order valence-corrected chi connectivity index (χ3v) is 4.22. The zero-order chi connectivity index (χ0) is 14.7. The van der Waals surface area contributed by atoms with Gasteiger partial charge in [-0.3, -0.25) is 4.68 Å². The van der Waals surface area contributed by atoms with Gasteiger partial charge in [-0.05, 0) is 41.9 Å². The lowest BCUT2D eigenvalue weighted by Gasteiger charge is -2.14. The third-order valence-electron chi connectivity index (χ3n) is 3.19. The fourth-order valence-corrected chi connectivity index (χ4v) is 2.63. The minimum absolute atomic E-state index is 0.454. The molecule has 2 rings (SSSR count). The molecule has 1 atom stereocenters. The number of aromatic nitrogens is 3. The van der Waals surface area contributed by atoms with E-state index in [0.717, 1.165) is 22.4 Å². The summed E-state index contributed by atoms with van der Waals surface area (Å²) in [6.45, 7) is 4.73. The molecule has 1 N–H and O–H groups in total. The van der Waals surface area contributed by atoms with E-state index in [0.29, 0.717) is 17.9 Å². The maximum Gasteiger partial charge on any atom is 0.218 e. The number of halogens is 1. The second kappa shape index (κ2) is 6.37. The first-order valence-corrected chi connectivity index (χ1v) is 7.26. The van der Waals surface area contributed by atoms with Gasteiger partial charge in [0.05, 0.1) is 29.1 Å². The number of pyridine rings is 1. The molecule has 0 bridgehead atoms. The number of methoxy groups -OCH3 is 1. The quantitative estimate of drug-likeness (QED) is 0.909. The van der Waals surface area contributed by atoms with Gasteiger partial charge in [0.15, 0.2) is 0 Å². The van der Waals surface area contributed by atoms with Crippen LogP contribution in [0.1, 0.15) is 30.0 Å². The van der Waals surface area contributed by atoms with Crippen LogP contribution in [0.5, 0.6) is 5.88 Å². The highest BCUT2D eigenvalue weighted by Gasteiger charge is 2.20. The van der Waals surface area contributed by atoms with Crippen LogP contribution in [0.15, 0.2) is 22.8 Å². The molecule has 108 valence electrons. The Hall–Kier alpha value is -1.40. The summed E-state index contributed by atoms with van der Waals surface area (Å²) >= 11 is 3.54. The predicted molar refractivity (Wildman–Crippen MR) is 79.8 cm³/mol. The summed E-state index contributed by atoms with van der Waals surface area (Å²) in [4.78, 5) is 4.11. The van der Waals surface area contributed by atoms with Crippen LogP contribution in [0.3, 0.4) is 0 Å². The summed E-state index contributed by atoms with van der Waals surface area (Å²) in [5.41, 5.74) is 2.58. The molecule has 1 unspecified atom stereocenters. The van der Waals surface area contributed by atoms with E-state index >= 15 is 0 Å². The average molecular weight is 340 g/mol. The van der Waals surface area contributed by atoms with Gasteiger partial charge in [0, 0.05) is 24.7 Å². The van der Waals surface area contributed by atoms with Crippen LogP contribution in [-0.4, -0.2) is 27.0 Å². The molecular formula is C14H18BrN3O2. The maximum absolute atomic E-state index is 10.5. The van der Waals surface area contributed by atoms with Crippen molar-refractivity contribution in [2.24, 2.45) is 0 Å². The van der Waals surface area contributed by atoms with Gasteiger partial charge < -0.3 is 9.84 Å². The highest BCUT2D eigenvalue weighted by Crippen LogP contribution is 2.29. The van der Waals surface area contributed by atoms with Gasteiger partial charge in [-0.2, -0.15) is 5.10 Å². The number of aryl methyl sites for hydroxylation is 2. The Kier molecular flexibility index (Phi) is 4.77. The molecule has 0 spiro atoms. The van der Waals surface area contributed by atoms with Crippen molar-refractivity contribution in [1.29, 1.82) is 0 Å². The summed E-state index contributed by atoms with van der Waals surface area (Å²) in [6, 6.07) is 3.61. The summed E-state index contributed by atoms with van der Waals surface area (Å²) < 4.78 is 8.03. The molecule has 0 radical (unpaired) electrons. The van der Waals surface area contributed by atoms with Gasteiger partial charge in [-0.15, -0.1) is 0 Å². The summed E-state index contributed by atoms with van der Waals surface area (Å²) in [5.74, 6) is 0.454. The molecule has 2 aromatic rings. The number of hydrogen-bond donors (Lipinski definition) is 1. The molecule has 0 fully saturated rings. The topological polar surface area (TPSA) is 60.2 Å². The second-order valence-corrected chi connectivity index (χ2v) is 5.28. The van der Waals surface area contributed by atoms with Crippen molar-refractivity contribution in [2.45, 2.75) is 32.9 Å². The van der Waals surface area contributed by atoms with E-state index in [1.165, 1.54) is 0 Å². The fourth-order valence-electron chi connectivity index (χ4n) is 2.18. The lowest BCUT2D eigenvalue weighted by molar-refractivity contribution is 0.170. The highest BCUT2D eigenvalue weighted by molar-refractivity contribution is 9.10. The number of aliphatic hydroxyl groups excluding tert-OH is 1. The van der Waals surface area contributed by atoms with Crippen LogP contribution in [-0.2, 0) is 13.0 Å². The van der Waals surface area contributed by atoms with Gasteiger partial charge in [0.2, 0.25) is 5.88 Å². The van der Waals surface area contributed by atoms with Crippen LogP contribution >= 0.6 is 15.9 Å². The molecule has 0 saturated heterocycles. The number of rotatable bonds is 5. The molecule has 6 heteroatoms. The predicted octanol–water partition coefficient (Wildman–Crippen LogP) is 2.65. The minimum atomic E-state index is -0.684. The van der Waals surface area contributed by atoms with Crippen LogP contribution in [0.4, 0.5) is 0 Å². The minimum Gasteiger partial charge on any atom is -0.481 e. The Morgan fingerprint density at radius 1 is 1.50 bits per heavy atom. The lowest BCUT2D eigenvalue weighted by atomic mass is 10.1. The Labute approximate surface area is 126 Å². The molecule has 0 amide bonds. The molecule has 0 aliphatic carbocycles. The summed E-state index contributed by atoms with van der Waals surface area (Å²) in [6.07, 6.45) is 1.42. The lowest BCUT2D eigenvalue weighted by Crippen LogP contribution is -2.10. The van der Waals surface area contributed by atoms with Crippen LogP contribution in [0, 0.1) is 6.92 Å². The third kappa shape index (κ3) is 2.86. The van der Waals surface area contributed by atoms with Gasteiger partial charge in [-0.1, -0.05) is 0 Å². The zero-order valence-corrected chi connectivity index (χ0v) is 13.4. The van der Waals surface area contributed by atoms with E-state index in [4.69, 9.17) is 4.74 Å². The molecular weight excluding hydrogens is 322 g/mol. The molecule has 0 saturated carbocycles. The van der Waals surface area contributed by atoms with Gasteiger partial charge in [0.1, 0.15) is 0 Å². The summed E-state index contributed by atoms with van der Waals surface area (Å²) in [5, 5.41) is 14.9. The molecule has 20 heavy (non-hydrogen) atoms. The van der Waals surface area contributed by atoms with E-state index in [9.17, 15) is 5.11 Å². The first kappa shape index (κ1) is 15.0. The molecule has 0 aliphatic rings. The smallest absolute Gasteiger partial charge is 0.218 e. The standard InChI is InChI=1S/C14H18BrN3O2/c1-4-18-11(13(15)9(2)17-18)8-12(19)10-6-5-7-16-14(10)20-3/h5-7,12,19H,4,8H2,1-3H3. The second-order valence-electron chi connectivity index (χ2n) is 4.48. The van der Waals surface area contributed by atoms with Crippen molar-refractivity contribution in [2.75, 3.05) is 7.11 Å². The zero-order valence-electron chi connectivity index (χ0n) is 11.8. The fraction of sp³-hybridized carbons (Fsp3) is 0.429.